The van der Waals surface area contributed by atoms with Crippen LogP contribution in [-0.2, 0) is 21.2 Å². The first-order valence-electron chi connectivity index (χ1n) is 11.2. The van der Waals surface area contributed by atoms with E-state index in [9.17, 15) is 13.2 Å². The van der Waals surface area contributed by atoms with Crippen LogP contribution in [0.3, 0.4) is 0 Å². The summed E-state index contributed by atoms with van der Waals surface area (Å²) < 4.78 is 28.5. The van der Waals surface area contributed by atoms with Gasteiger partial charge in [0.1, 0.15) is 12.7 Å². The number of benzene rings is 2. The van der Waals surface area contributed by atoms with Crippen molar-refractivity contribution in [2.45, 2.75) is 43.5 Å². The fraction of sp³-hybridized carbons (Fsp3) is 0.375. The van der Waals surface area contributed by atoms with Crippen molar-refractivity contribution >= 4 is 15.9 Å². The highest BCUT2D eigenvalue weighted by Crippen LogP contribution is 2.23. The Morgan fingerprint density at radius 2 is 1.73 bits per heavy atom. The molecule has 1 aliphatic heterocycles. The number of carbonyl (C=O) groups is 1. The smallest absolute Gasteiger partial charge is 0.243 e. The van der Waals surface area contributed by atoms with Gasteiger partial charge in [0.25, 0.3) is 0 Å². The van der Waals surface area contributed by atoms with Gasteiger partial charge >= 0.3 is 0 Å². The molecule has 0 bridgehead atoms. The van der Waals surface area contributed by atoms with E-state index in [0.29, 0.717) is 30.8 Å². The summed E-state index contributed by atoms with van der Waals surface area (Å²) in [6, 6.07) is 14.7. The molecule has 0 spiro atoms. The number of aryl methyl sites for hydroxylation is 1. The molecule has 3 aromatic rings. The predicted octanol–water partition coefficient (Wildman–Crippen LogP) is 3.20. The molecule has 0 saturated carbocycles. The van der Waals surface area contributed by atoms with E-state index in [-0.39, 0.29) is 11.9 Å². The van der Waals surface area contributed by atoms with Gasteiger partial charge in [0.2, 0.25) is 15.9 Å². The molecule has 1 amide bonds. The van der Waals surface area contributed by atoms with Gasteiger partial charge in [-0.2, -0.15) is 9.40 Å². The molecule has 1 saturated heterocycles. The van der Waals surface area contributed by atoms with E-state index in [1.165, 1.54) is 6.33 Å². The lowest BCUT2D eigenvalue weighted by Gasteiger charge is -2.25. The lowest BCUT2D eigenvalue weighted by Crippen LogP contribution is -2.29. The number of nitrogens with zero attached hydrogens (tertiary/aromatic N) is 5. The molecule has 2 heterocycles. The molecule has 1 fully saturated rings. The van der Waals surface area contributed by atoms with Crippen molar-refractivity contribution < 1.29 is 13.2 Å². The zero-order chi connectivity index (χ0) is 23.4. The molecule has 9 heteroatoms. The molecule has 174 valence electrons. The van der Waals surface area contributed by atoms with Crippen LogP contribution >= 0.6 is 0 Å². The topological polar surface area (TPSA) is 88.4 Å². The molecule has 4 rings (SSSR count). The lowest BCUT2D eigenvalue weighted by atomic mass is 10.1. The van der Waals surface area contributed by atoms with Crippen LogP contribution in [0, 0.1) is 0 Å². The normalized spacial score (nSPS) is 15.5. The van der Waals surface area contributed by atoms with Gasteiger partial charge < -0.3 is 4.90 Å². The molecule has 0 N–H and O–H groups in total. The zero-order valence-corrected chi connectivity index (χ0v) is 19.8. The summed E-state index contributed by atoms with van der Waals surface area (Å²) in [4.78, 5) is 18.8. The Bertz CT molecular complexity index is 1170. The van der Waals surface area contributed by atoms with Crippen LogP contribution in [0.15, 0.2) is 66.1 Å². The van der Waals surface area contributed by atoms with Gasteiger partial charge in [0.15, 0.2) is 0 Å². The van der Waals surface area contributed by atoms with Gasteiger partial charge in [-0.3, -0.25) is 4.79 Å². The highest BCUT2D eigenvalue weighted by molar-refractivity contribution is 7.89. The van der Waals surface area contributed by atoms with E-state index in [1.807, 2.05) is 50.4 Å². The first-order valence-corrected chi connectivity index (χ1v) is 12.6. The van der Waals surface area contributed by atoms with Crippen LogP contribution in [0.5, 0.6) is 0 Å². The van der Waals surface area contributed by atoms with Crippen molar-refractivity contribution in [3.05, 3.63) is 72.3 Å². The third kappa shape index (κ3) is 5.15. The number of amides is 1. The maximum absolute atomic E-state index is 12.8. The van der Waals surface area contributed by atoms with E-state index in [0.717, 1.165) is 29.7 Å². The monoisotopic (exact) mass is 467 g/mol. The molecule has 8 nitrogen and oxygen atoms in total. The van der Waals surface area contributed by atoms with E-state index >= 15 is 0 Å². The molecule has 1 atom stereocenters. The molecule has 1 unspecified atom stereocenters. The van der Waals surface area contributed by atoms with Gasteiger partial charge in [-0.1, -0.05) is 24.3 Å². The summed E-state index contributed by atoms with van der Waals surface area (Å²) in [5, 5.41) is 4.12. The Morgan fingerprint density at radius 3 is 2.33 bits per heavy atom. The minimum absolute atomic E-state index is 0.0385. The van der Waals surface area contributed by atoms with Crippen LogP contribution in [0.1, 0.15) is 43.4 Å². The van der Waals surface area contributed by atoms with Gasteiger partial charge in [-0.15, -0.1) is 0 Å². The van der Waals surface area contributed by atoms with Crippen molar-refractivity contribution in [3.63, 3.8) is 0 Å². The predicted molar refractivity (Wildman–Crippen MR) is 125 cm³/mol. The van der Waals surface area contributed by atoms with Crippen molar-refractivity contribution in [2.75, 3.05) is 20.1 Å². The number of carbonyl (C=O) groups excluding carboxylic acids is 1. The summed E-state index contributed by atoms with van der Waals surface area (Å²) in [6.07, 6.45) is 5.88. The summed E-state index contributed by atoms with van der Waals surface area (Å²) in [7, 11) is -1.60. The number of sulfonamides is 1. The van der Waals surface area contributed by atoms with Crippen molar-refractivity contribution in [1.29, 1.82) is 0 Å². The Kier molecular flexibility index (Phi) is 6.90. The summed E-state index contributed by atoms with van der Waals surface area (Å²) in [6.45, 7) is 3.18. The molecule has 33 heavy (non-hydrogen) atoms. The number of rotatable bonds is 8. The molecular formula is C24H29N5O3S. The highest BCUT2D eigenvalue weighted by Gasteiger charge is 2.27. The maximum atomic E-state index is 12.8. The van der Waals surface area contributed by atoms with Crippen molar-refractivity contribution in [1.82, 2.24) is 24.0 Å². The van der Waals surface area contributed by atoms with Crippen LogP contribution in [0.25, 0.3) is 5.69 Å². The Hall–Kier alpha value is -3.04. The summed E-state index contributed by atoms with van der Waals surface area (Å²) >= 11 is 0. The van der Waals surface area contributed by atoms with Gasteiger partial charge in [-0.25, -0.2) is 18.1 Å². The average Bonchev–Trinajstić information content (AvgIpc) is 3.57. The zero-order valence-electron chi connectivity index (χ0n) is 19.0. The largest absolute Gasteiger partial charge is 0.339 e. The average molecular weight is 468 g/mol. The van der Waals surface area contributed by atoms with Crippen molar-refractivity contribution in [2.24, 2.45) is 0 Å². The van der Waals surface area contributed by atoms with Gasteiger partial charge in [0.05, 0.1) is 16.6 Å². The second-order valence-electron chi connectivity index (χ2n) is 8.37. The van der Waals surface area contributed by atoms with Crippen LogP contribution in [-0.4, -0.2) is 58.4 Å². The van der Waals surface area contributed by atoms with Crippen LogP contribution in [0.2, 0.25) is 0 Å². The maximum Gasteiger partial charge on any atom is 0.243 e. The minimum Gasteiger partial charge on any atom is -0.339 e. The molecule has 1 aliphatic rings. The number of aromatic nitrogens is 3. The first kappa shape index (κ1) is 23.1. The Labute approximate surface area is 194 Å². The quantitative estimate of drug-likeness (QED) is 0.508. The SMILES string of the molecule is CC(c1ccc(-n2cncn2)cc1)N(C)C(=O)CCc1ccc(S(=O)(=O)N2CCCC2)cc1. The van der Waals surface area contributed by atoms with Crippen LogP contribution in [0.4, 0.5) is 0 Å². The van der Waals surface area contributed by atoms with E-state index < -0.39 is 10.0 Å². The van der Waals surface area contributed by atoms with Gasteiger partial charge in [-0.05, 0) is 61.6 Å². The lowest BCUT2D eigenvalue weighted by molar-refractivity contribution is -0.131. The second kappa shape index (κ2) is 9.84. The van der Waals surface area contributed by atoms with E-state index in [4.69, 9.17) is 0 Å². The number of hydrogen-bond donors (Lipinski definition) is 0. The molecule has 0 radical (unpaired) electrons. The first-order chi connectivity index (χ1) is 15.9. The standard InChI is InChI=1S/C24H29N5O3S/c1-19(21-8-10-22(11-9-21)29-18-25-17-26-29)27(2)24(30)14-7-20-5-12-23(13-6-20)33(31,32)28-15-3-4-16-28/h5-6,8-13,17-19H,3-4,7,14-16H2,1-2H3. The second-order valence-corrected chi connectivity index (χ2v) is 10.3. The highest BCUT2D eigenvalue weighted by atomic mass is 32.2. The van der Waals surface area contributed by atoms with Gasteiger partial charge in [0, 0.05) is 26.6 Å². The minimum atomic E-state index is -3.41. The van der Waals surface area contributed by atoms with E-state index in [1.54, 1.807) is 32.3 Å². The summed E-state index contributed by atoms with van der Waals surface area (Å²) in [5.74, 6) is 0.0385. The molecule has 1 aromatic heterocycles. The Balaban J connectivity index is 1.33. The summed E-state index contributed by atoms with van der Waals surface area (Å²) in [5.41, 5.74) is 2.89. The fourth-order valence-electron chi connectivity index (χ4n) is 4.02. The fourth-order valence-corrected chi connectivity index (χ4v) is 5.54. The third-order valence-electron chi connectivity index (χ3n) is 6.29. The molecule has 0 aliphatic carbocycles. The van der Waals surface area contributed by atoms with Crippen molar-refractivity contribution in [3.8, 4) is 5.69 Å². The number of hydrogen-bond acceptors (Lipinski definition) is 5. The molecule has 2 aromatic carbocycles. The molecular weight excluding hydrogens is 438 g/mol. The van der Waals surface area contributed by atoms with Crippen LogP contribution < -0.4 is 0 Å². The third-order valence-corrected chi connectivity index (χ3v) is 8.20. The van der Waals surface area contributed by atoms with E-state index in [2.05, 4.69) is 10.1 Å². The Morgan fingerprint density at radius 1 is 1.06 bits per heavy atom.